The summed E-state index contributed by atoms with van der Waals surface area (Å²) in [5.41, 5.74) is 4.13. The molecule has 0 amide bonds. The number of rotatable bonds is 4. The zero-order valence-corrected chi connectivity index (χ0v) is 14.4. The van der Waals surface area contributed by atoms with E-state index in [9.17, 15) is 0 Å². The minimum Gasteiger partial charge on any atom is -0.497 e. The molecule has 0 atom stereocenters. The molecule has 0 aliphatic rings. The van der Waals surface area contributed by atoms with Gasteiger partial charge in [-0.05, 0) is 24.3 Å². The molecule has 25 heavy (non-hydrogen) atoms. The standard InChI is InChI=1S/C20H19N3O2/c1-22-19(15-7-5-9-17(11-15)25-3)13-23-12-18(21-20(22)23)14-6-4-8-16(10-14)24-2/h4-13H,1-3H3. The average molecular weight is 333 g/mol. The summed E-state index contributed by atoms with van der Waals surface area (Å²) >= 11 is 0. The first-order valence-corrected chi connectivity index (χ1v) is 8.03. The highest BCUT2D eigenvalue weighted by atomic mass is 16.5. The van der Waals surface area contributed by atoms with Crippen molar-refractivity contribution in [3.63, 3.8) is 0 Å². The SMILES string of the molecule is COc1cccc(-c2cn3cc(-c4cccc(OC)c4)n(C)c3n2)c1. The molecule has 4 rings (SSSR count). The summed E-state index contributed by atoms with van der Waals surface area (Å²) in [7, 11) is 5.37. The van der Waals surface area contributed by atoms with Crippen LogP contribution in [0.3, 0.4) is 0 Å². The Morgan fingerprint density at radius 3 is 2.12 bits per heavy atom. The van der Waals surface area contributed by atoms with Crippen molar-refractivity contribution < 1.29 is 9.47 Å². The molecule has 2 heterocycles. The molecule has 126 valence electrons. The molecule has 5 heteroatoms. The Kier molecular flexibility index (Phi) is 3.69. The highest BCUT2D eigenvalue weighted by Crippen LogP contribution is 2.28. The number of imidazole rings is 2. The van der Waals surface area contributed by atoms with Gasteiger partial charge in [0.25, 0.3) is 0 Å². The van der Waals surface area contributed by atoms with E-state index in [1.54, 1.807) is 14.2 Å². The van der Waals surface area contributed by atoms with Gasteiger partial charge in [-0.15, -0.1) is 0 Å². The molecule has 0 bridgehead atoms. The highest BCUT2D eigenvalue weighted by molar-refractivity contribution is 5.68. The van der Waals surface area contributed by atoms with E-state index in [2.05, 4.69) is 16.8 Å². The molecule has 0 aliphatic carbocycles. The molecule has 0 fully saturated rings. The second-order valence-corrected chi connectivity index (χ2v) is 5.87. The van der Waals surface area contributed by atoms with Crippen molar-refractivity contribution in [2.45, 2.75) is 0 Å². The largest absolute Gasteiger partial charge is 0.497 e. The Morgan fingerprint density at radius 2 is 1.48 bits per heavy atom. The number of aryl methyl sites for hydroxylation is 1. The Hall–Kier alpha value is -3.21. The van der Waals surface area contributed by atoms with Crippen molar-refractivity contribution in [1.82, 2.24) is 14.0 Å². The maximum absolute atomic E-state index is 5.33. The van der Waals surface area contributed by atoms with Gasteiger partial charge in [0.1, 0.15) is 11.5 Å². The molecule has 2 aromatic carbocycles. The molecule has 0 unspecified atom stereocenters. The van der Waals surface area contributed by atoms with Gasteiger partial charge in [0.15, 0.2) is 0 Å². The van der Waals surface area contributed by atoms with Crippen LogP contribution >= 0.6 is 0 Å². The predicted octanol–water partition coefficient (Wildman–Crippen LogP) is 4.02. The Morgan fingerprint density at radius 1 is 0.840 bits per heavy atom. The van der Waals surface area contributed by atoms with Gasteiger partial charge in [-0.2, -0.15) is 0 Å². The zero-order chi connectivity index (χ0) is 17.4. The number of fused-ring (bicyclic) bond motifs is 1. The summed E-state index contributed by atoms with van der Waals surface area (Å²) in [4.78, 5) is 4.79. The summed E-state index contributed by atoms with van der Waals surface area (Å²) in [5, 5.41) is 0. The van der Waals surface area contributed by atoms with Gasteiger partial charge in [0, 0.05) is 30.6 Å². The normalized spacial score (nSPS) is 11.0. The van der Waals surface area contributed by atoms with Crippen molar-refractivity contribution in [2.24, 2.45) is 7.05 Å². The molecule has 0 radical (unpaired) electrons. The monoisotopic (exact) mass is 333 g/mol. The van der Waals surface area contributed by atoms with Crippen LogP contribution < -0.4 is 9.47 Å². The minimum atomic E-state index is 0.826. The predicted molar refractivity (Wildman–Crippen MR) is 98.1 cm³/mol. The first kappa shape index (κ1) is 15.3. The summed E-state index contributed by atoms with van der Waals surface area (Å²) in [6.45, 7) is 0. The van der Waals surface area contributed by atoms with Gasteiger partial charge < -0.3 is 14.0 Å². The van der Waals surface area contributed by atoms with E-state index in [4.69, 9.17) is 14.5 Å². The van der Waals surface area contributed by atoms with Gasteiger partial charge in [0.05, 0.1) is 25.6 Å². The number of nitrogens with zero attached hydrogens (tertiary/aromatic N) is 3. The van der Waals surface area contributed by atoms with Crippen molar-refractivity contribution in [3.8, 4) is 34.0 Å². The van der Waals surface area contributed by atoms with Crippen molar-refractivity contribution in [3.05, 3.63) is 60.9 Å². The second-order valence-electron chi connectivity index (χ2n) is 5.87. The summed E-state index contributed by atoms with van der Waals surface area (Å²) in [5.74, 6) is 2.55. The lowest BCUT2D eigenvalue weighted by atomic mass is 10.1. The first-order chi connectivity index (χ1) is 12.2. The van der Waals surface area contributed by atoms with Crippen LogP contribution in [0.25, 0.3) is 28.3 Å². The Labute approximate surface area is 146 Å². The topological polar surface area (TPSA) is 40.7 Å². The fourth-order valence-electron chi connectivity index (χ4n) is 3.03. The van der Waals surface area contributed by atoms with E-state index in [1.165, 1.54) is 0 Å². The molecular formula is C20H19N3O2. The molecule has 0 spiro atoms. The van der Waals surface area contributed by atoms with E-state index < -0.39 is 0 Å². The van der Waals surface area contributed by atoms with Crippen LogP contribution in [-0.4, -0.2) is 28.2 Å². The van der Waals surface area contributed by atoms with Gasteiger partial charge >= 0.3 is 0 Å². The third-order valence-electron chi connectivity index (χ3n) is 4.37. The number of hydrogen-bond donors (Lipinski definition) is 0. The van der Waals surface area contributed by atoms with Crippen LogP contribution in [0.5, 0.6) is 11.5 Å². The summed E-state index contributed by atoms with van der Waals surface area (Å²) in [6.07, 6.45) is 4.12. The van der Waals surface area contributed by atoms with Crippen molar-refractivity contribution >= 4 is 5.78 Å². The van der Waals surface area contributed by atoms with Crippen LogP contribution in [0.15, 0.2) is 60.9 Å². The second kappa shape index (κ2) is 6.02. The smallest absolute Gasteiger partial charge is 0.214 e. The molecule has 0 aliphatic heterocycles. The van der Waals surface area contributed by atoms with E-state index in [1.807, 2.05) is 60.1 Å². The summed E-state index contributed by atoms with van der Waals surface area (Å²) < 4.78 is 14.8. The lowest BCUT2D eigenvalue weighted by Gasteiger charge is -2.05. The van der Waals surface area contributed by atoms with Gasteiger partial charge in [-0.25, -0.2) is 4.98 Å². The number of hydrogen-bond acceptors (Lipinski definition) is 3. The first-order valence-electron chi connectivity index (χ1n) is 8.03. The van der Waals surface area contributed by atoms with Gasteiger partial charge in [-0.1, -0.05) is 24.3 Å². The maximum atomic E-state index is 5.33. The molecule has 2 aromatic heterocycles. The van der Waals surface area contributed by atoms with Crippen LogP contribution in [0.4, 0.5) is 0 Å². The minimum absolute atomic E-state index is 0.826. The molecule has 0 saturated carbocycles. The van der Waals surface area contributed by atoms with Crippen LogP contribution in [-0.2, 0) is 7.05 Å². The average Bonchev–Trinajstić information content (AvgIpc) is 3.21. The van der Waals surface area contributed by atoms with Crippen LogP contribution in [0.1, 0.15) is 0 Å². The highest BCUT2D eigenvalue weighted by Gasteiger charge is 2.13. The van der Waals surface area contributed by atoms with E-state index in [0.29, 0.717) is 0 Å². The zero-order valence-electron chi connectivity index (χ0n) is 14.4. The third-order valence-corrected chi connectivity index (χ3v) is 4.37. The lowest BCUT2D eigenvalue weighted by molar-refractivity contribution is 0.415. The van der Waals surface area contributed by atoms with Crippen molar-refractivity contribution in [1.29, 1.82) is 0 Å². The number of ether oxygens (including phenoxy) is 2. The lowest BCUT2D eigenvalue weighted by Crippen LogP contribution is -1.93. The number of aromatic nitrogens is 3. The Bertz CT molecular complexity index is 1050. The third kappa shape index (κ3) is 2.63. The fraction of sp³-hybridized carbons (Fsp3) is 0.150. The summed E-state index contributed by atoms with van der Waals surface area (Å²) in [6, 6.07) is 16.0. The van der Waals surface area contributed by atoms with Gasteiger partial charge in [0.2, 0.25) is 5.78 Å². The number of benzene rings is 2. The van der Waals surface area contributed by atoms with E-state index in [-0.39, 0.29) is 0 Å². The Balaban J connectivity index is 1.78. The van der Waals surface area contributed by atoms with E-state index >= 15 is 0 Å². The van der Waals surface area contributed by atoms with E-state index in [0.717, 1.165) is 39.8 Å². The molecule has 0 saturated heterocycles. The molecular weight excluding hydrogens is 314 g/mol. The van der Waals surface area contributed by atoms with Crippen LogP contribution in [0.2, 0.25) is 0 Å². The quantitative estimate of drug-likeness (QED) is 0.566. The maximum Gasteiger partial charge on any atom is 0.214 e. The van der Waals surface area contributed by atoms with Crippen LogP contribution in [0, 0.1) is 0 Å². The fourth-order valence-corrected chi connectivity index (χ4v) is 3.03. The van der Waals surface area contributed by atoms with Gasteiger partial charge in [-0.3, -0.25) is 4.40 Å². The van der Waals surface area contributed by atoms with Crippen molar-refractivity contribution in [2.75, 3.05) is 14.2 Å². The molecule has 5 nitrogen and oxygen atoms in total. The molecule has 4 aromatic rings. The molecule has 0 N–H and O–H groups in total. The number of methoxy groups -OCH3 is 2.